The van der Waals surface area contributed by atoms with Gasteiger partial charge in [0.2, 0.25) is 0 Å². The molecule has 0 spiro atoms. The van der Waals surface area contributed by atoms with Gasteiger partial charge in [-0.1, -0.05) is 0 Å². The monoisotopic (exact) mass is 220 g/mol. The summed E-state index contributed by atoms with van der Waals surface area (Å²) in [6.45, 7) is 0. The van der Waals surface area contributed by atoms with Crippen molar-refractivity contribution in [1.82, 2.24) is 10.3 Å². The largest absolute Gasteiger partial charge is 0.472 e. The zero-order valence-electron chi connectivity index (χ0n) is 8.98. The summed E-state index contributed by atoms with van der Waals surface area (Å²) in [4.78, 5) is 3.74. The van der Waals surface area contributed by atoms with E-state index < -0.39 is 0 Å². The van der Waals surface area contributed by atoms with Crippen molar-refractivity contribution in [2.24, 2.45) is 0 Å². The maximum absolute atomic E-state index is 13.5. The zero-order chi connectivity index (χ0) is 11.4. The van der Waals surface area contributed by atoms with Crippen molar-refractivity contribution in [3.63, 3.8) is 0 Å². The van der Waals surface area contributed by atoms with Gasteiger partial charge in [-0.15, -0.1) is 0 Å². The second-order valence-corrected chi connectivity index (χ2v) is 3.57. The van der Waals surface area contributed by atoms with E-state index in [2.05, 4.69) is 10.3 Å². The molecule has 84 valence electrons. The minimum Gasteiger partial charge on any atom is -0.472 e. The molecule has 2 heterocycles. The molecule has 0 aliphatic carbocycles. The van der Waals surface area contributed by atoms with Gasteiger partial charge in [0, 0.05) is 17.8 Å². The molecule has 0 bridgehead atoms. The summed E-state index contributed by atoms with van der Waals surface area (Å²) >= 11 is 0. The SMILES string of the molecule is CNC(Cc1ccoc1)c1ccncc1F. The Morgan fingerprint density at radius 2 is 2.38 bits per heavy atom. The van der Waals surface area contributed by atoms with E-state index in [9.17, 15) is 4.39 Å². The number of hydrogen-bond donors (Lipinski definition) is 1. The van der Waals surface area contributed by atoms with Gasteiger partial charge in [-0.3, -0.25) is 4.98 Å². The molecule has 0 radical (unpaired) electrons. The van der Waals surface area contributed by atoms with Gasteiger partial charge < -0.3 is 9.73 Å². The van der Waals surface area contributed by atoms with Crippen molar-refractivity contribution < 1.29 is 8.81 Å². The molecular formula is C12H13FN2O. The fourth-order valence-electron chi connectivity index (χ4n) is 1.68. The Kier molecular flexibility index (Phi) is 3.31. The van der Waals surface area contributed by atoms with Crippen LogP contribution in [0.1, 0.15) is 17.2 Å². The molecule has 0 aromatic carbocycles. The first kappa shape index (κ1) is 10.8. The van der Waals surface area contributed by atoms with Crippen LogP contribution in [0, 0.1) is 5.82 Å². The van der Waals surface area contributed by atoms with Gasteiger partial charge >= 0.3 is 0 Å². The van der Waals surface area contributed by atoms with Gasteiger partial charge in [-0.25, -0.2) is 4.39 Å². The first-order valence-electron chi connectivity index (χ1n) is 5.09. The molecule has 0 aliphatic heterocycles. The fraction of sp³-hybridized carbons (Fsp3) is 0.250. The van der Waals surface area contributed by atoms with Crippen LogP contribution in [0.5, 0.6) is 0 Å². The van der Waals surface area contributed by atoms with Gasteiger partial charge in [0.05, 0.1) is 18.7 Å². The number of halogens is 1. The van der Waals surface area contributed by atoms with E-state index in [0.29, 0.717) is 12.0 Å². The Morgan fingerprint density at radius 3 is 3.00 bits per heavy atom. The lowest BCUT2D eigenvalue weighted by molar-refractivity contribution is 0.523. The first-order valence-corrected chi connectivity index (χ1v) is 5.09. The van der Waals surface area contributed by atoms with Crippen molar-refractivity contribution in [3.05, 3.63) is 54.0 Å². The van der Waals surface area contributed by atoms with Gasteiger partial charge in [-0.2, -0.15) is 0 Å². The quantitative estimate of drug-likeness (QED) is 0.859. The highest BCUT2D eigenvalue weighted by Crippen LogP contribution is 2.20. The average Bonchev–Trinajstić information content (AvgIpc) is 2.80. The minimum atomic E-state index is -0.287. The van der Waals surface area contributed by atoms with Gasteiger partial charge in [0.1, 0.15) is 5.82 Å². The number of nitrogens with one attached hydrogen (secondary N) is 1. The van der Waals surface area contributed by atoms with E-state index >= 15 is 0 Å². The van der Waals surface area contributed by atoms with Gasteiger partial charge in [0.25, 0.3) is 0 Å². The van der Waals surface area contributed by atoms with Crippen LogP contribution in [0.4, 0.5) is 4.39 Å². The lowest BCUT2D eigenvalue weighted by atomic mass is 10.0. The second-order valence-electron chi connectivity index (χ2n) is 3.57. The molecule has 0 fully saturated rings. The topological polar surface area (TPSA) is 38.1 Å². The van der Waals surface area contributed by atoms with Crippen molar-refractivity contribution >= 4 is 0 Å². The standard InChI is InChI=1S/C12H13FN2O/c1-14-12(6-9-3-5-16-8-9)10-2-4-15-7-11(10)13/h2-5,7-8,12,14H,6H2,1H3. The van der Waals surface area contributed by atoms with Gasteiger partial charge in [0.15, 0.2) is 0 Å². The number of aromatic nitrogens is 1. The molecule has 2 aromatic rings. The minimum absolute atomic E-state index is 0.0689. The third kappa shape index (κ3) is 2.28. The molecule has 0 saturated carbocycles. The maximum Gasteiger partial charge on any atom is 0.146 e. The summed E-state index contributed by atoms with van der Waals surface area (Å²) in [5.74, 6) is -0.287. The normalized spacial score (nSPS) is 12.6. The number of furan rings is 1. The molecule has 2 aromatic heterocycles. The van der Waals surface area contributed by atoms with E-state index in [1.165, 1.54) is 6.20 Å². The van der Waals surface area contributed by atoms with Crippen molar-refractivity contribution in [2.75, 3.05) is 7.05 Å². The molecule has 0 saturated heterocycles. The lowest BCUT2D eigenvalue weighted by Gasteiger charge is -2.15. The van der Waals surface area contributed by atoms with E-state index in [0.717, 1.165) is 5.56 Å². The van der Waals surface area contributed by atoms with Crippen molar-refractivity contribution in [2.45, 2.75) is 12.5 Å². The number of nitrogens with zero attached hydrogens (tertiary/aromatic N) is 1. The van der Waals surface area contributed by atoms with Crippen LogP contribution in [0.3, 0.4) is 0 Å². The van der Waals surface area contributed by atoms with Crippen molar-refractivity contribution in [3.8, 4) is 0 Å². The average molecular weight is 220 g/mol. The highest BCUT2D eigenvalue weighted by molar-refractivity contribution is 5.20. The van der Waals surface area contributed by atoms with E-state index in [1.54, 1.807) is 24.8 Å². The smallest absolute Gasteiger partial charge is 0.146 e. The number of likely N-dealkylation sites (N-methyl/N-ethyl adjacent to an activating group) is 1. The Morgan fingerprint density at radius 1 is 1.50 bits per heavy atom. The van der Waals surface area contributed by atoms with Crippen LogP contribution in [-0.2, 0) is 6.42 Å². The lowest BCUT2D eigenvalue weighted by Crippen LogP contribution is -2.20. The highest BCUT2D eigenvalue weighted by Gasteiger charge is 2.14. The predicted octanol–water partition coefficient (Wildman–Crippen LogP) is 2.32. The molecule has 1 unspecified atom stereocenters. The Balaban J connectivity index is 2.20. The number of hydrogen-bond acceptors (Lipinski definition) is 3. The van der Waals surface area contributed by atoms with Gasteiger partial charge in [-0.05, 0) is 31.2 Å². The molecule has 0 aliphatic rings. The van der Waals surface area contributed by atoms with Crippen LogP contribution >= 0.6 is 0 Å². The van der Waals surface area contributed by atoms with Crippen LogP contribution in [0.15, 0.2) is 41.5 Å². The number of pyridine rings is 1. The number of rotatable bonds is 4. The zero-order valence-corrected chi connectivity index (χ0v) is 8.98. The third-order valence-electron chi connectivity index (χ3n) is 2.55. The Labute approximate surface area is 93.3 Å². The summed E-state index contributed by atoms with van der Waals surface area (Å²) < 4.78 is 18.5. The molecule has 2 rings (SSSR count). The molecule has 16 heavy (non-hydrogen) atoms. The van der Waals surface area contributed by atoms with E-state index in [1.807, 2.05) is 13.1 Å². The van der Waals surface area contributed by atoms with Crippen LogP contribution < -0.4 is 5.32 Å². The first-order chi connectivity index (χ1) is 7.81. The van der Waals surface area contributed by atoms with Crippen LogP contribution in [0.25, 0.3) is 0 Å². The van der Waals surface area contributed by atoms with Crippen molar-refractivity contribution in [1.29, 1.82) is 0 Å². The van der Waals surface area contributed by atoms with Crippen LogP contribution in [-0.4, -0.2) is 12.0 Å². The summed E-state index contributed by atoms with van der Waals surface area (Å²) in [5, 5.41) is 3.09. The molecule has 3 nitrogen and oxygen atoms in total. The predicted molar refractivity (Wildman–Crippen MR) is 58.4 cm³/mol. The third-order valence-corrected chi connectivity index (χ3v) is 2.55. The fourth-order valence-corrected chi connectivity index (χ4v) is 1.68. The summed E-state index contributed by atoms with van der Waals surface area (Å²) in [6.07, 6.45) is 6.80. The maximum atomic E-state index is 13.5. The summed E-state index contributed by atoms with van der Waals surface area (Å²) in [7, 11) is 1.81. The molecule has 4 heteroatoms. The summed E-state index contributed by atoms with van der Waals surface area (Å²) in [5.41, 5.74) is 1.66. The Bertz CT molecular complexity index is 442. The highest BCUT2D eigenvalue weighted by atomic mass is 19.1. The van der Waals surface area contributed by atoms with E-state index in [-0.39, 0.29) is 11.9 Å². The summed E-state index contributed by atoms with van der Waals surface area (Å²) in [6, 6.07) is 3.50. The molecule has 1 atom stereocenters. The molecular weight excluding hydrogens is 207 g/mol. The Hall–Kier alpha value is -1.68. The molecule has 0 amide bonds. The van der Waals surface area contributed by atoms with E-state index in [4.69, 9.17) is 4.42 Å². The van der Waals surface area contributed by atoms with Crippen LogP contribution in [0.2, 0.25) is 0 Å². The second kappa shape index (κ2) is 4.90. The molecule has 1 N–H and O–H groups in total.